The van der Waals surface area contributed by atoms with Gasteiger partial charge in [-0.15, -0.1) is 0 Å². The van der Waals surface area contributed by atoms with Crippen LogP contribution >= 0.6 is 0 Å². The van der Waals surface area contributed by atoms with Gasteiger partial charge in [0, 0.05) is 25.2 Å². The third-order valence-corrected chi connectivity index (χ3v) is 4.62. The number of amides is 1. The highest BCUT2D eigenvalue weighted by Gasteiger charge is 2.30. The maximum absolute atomic E-state index is 12.2. The molecule has 1 saturated heterocycles. The van der Waals surface area contributed by atoms with Crippen molar-refractivity contribution >= 4 is 16.9 Å². The van der Waals surface area contributed by atoms with Crippen LogP contribution in [0, 0.1) is 0 Å². The summed E-state index contributed by atoms with van der Waals surface area (Å²) in [7, 11) is 0. The lowest BCUT2D eigenvalue weighted by molar-refractivity contribution is 0.0290. The SMILES string of the molecule is CC(N[C@H]1CCN(C(=O)OC(C)(C)C)C1)c1cccc2ccccc12. The zero-order valence-electron chi connectivity index (χ0n) is 15.6. The summed E-state index contributed by atoms with van der Waals surface area (Å²) < 4.78 is 5.48. The number of hydrogen-bond acceptors (Lipinski definition) is 3. The number of fused-ring (bicyclic) bond motifs is 1. The molecule has 4 heteroatoms. The first-order valence-electron chi connectivity index (χ1n) is 9.05. The van der Waals surface area contributed by atoms with Crippen molar-refractivity contribution in [1.29, 1.82) is 0 Å². The Labute approximate surface area is 150 Å². The first kappa shape index (κ1) is 17.7. The van der Waals surface area contributed by atoms with Gasteiger partial charge in [-0.2, -0.15) is 0 Å². The van der Waals surface area contributed by atoms with Gasteiger partial charge in [-0.1, -0.05) is 42.5 Å². The molecule has 1 fully saturated rings. The van der Waals surface area contributed by atoms with Gasteiger partial charge >= 0.3 is 6.09 Å². The van der Waals surface area contributed by atoms with Crippen molar-refractivity contribution in [3.8, 4) is 0 Å². The Kier molecular flexibility index (Phi) is 5.00. The number of carbonyl (C=O) groups is 1. The van der Waals surface area contributed by atoms with Crippen molar-refractivity contribution in [3.05, 3.63) is 48.0 Å². The number of rotatable bonds is 3. The molecule has 0 bridgehead atoms. The number of ether oxygens (including phenoxy) is 1. The van der Waals surface area contributed by atoms with E-state index in [0.717, 1.165) is 13.0 Å². The lowest BCUT2D eigenvalue weighted by Crippen LogP contribution is -2.39. The van der Waals surface area contributed by atoms with Crippen LogP contribution in [-0.2, 0) is 4.74 Å². The van der Waals surface area contributed by atoms with Crippen LogP contribution in [0.1, 0.15) is 45.7 Å². The van der Waals surface area contributed by atoms with Gasteiger partial charge in [0.05, 0.1) is 0 Å². The van der Waals surface area contributed by atoms with Crippen LogP contribution in [0.4, 0.5) is 4.79 Å². The van der Waals surface area contributed by atoms with Gasteiger partial charge in [0.2, 0.25) is 0 Å². The molecule has 1 amide bonds. The fourth-order valence-corrected chi connectivity index (χ4v) is 3.46. The Morgan fingerprint density at radius 1 is 1.20 bits per heavy atom. The first-order valence-corrected chi connectivity index (χ1v) is 9.05. The Bertz CT molecular complexity index is 746. The minimum atomic E-state index is -0.446. The van der Waals surface area contributed by atoms with Crippen LogP contribution in [0.15, 0.2) is 42.5 Å². The number of nitrogens with zero attached hydrogens (tertiary/aromatic N) is 1. The topological polar surface area (TPSA) is 41.6 Å². The van der Waals surface area contributed by atoms with Crippen molar-refractivity contribution in [1.82, 2.24) is 10.2 Å². The third kappa shape index (κ3) is 4.31. The molecule has 1 aliphatic heterocycles. The fraction of sp³-hybridized carbons (Fsp3) is 0.476. The molecule has 2 atom stereocenters. The zero-order valence-corrected chi connectivity index (χ0v) is 15.6. The number of nitrogens with one attached hydrogen (secondary N) is 1. The van der Waals surface area contributed by atoms with E-state index >= 15 is 0 Å². The van der Waals surface area contributed by atoms with Gasteiger partial charge < -0.3 is 15.0 Å². The smallest absolute Gasteiger partial charge is 0.410 e. The molecule has 1 unspecified atom stereocenters. The van der Waals surface area contributed by atoms with Gasteiger partial charge in [0.15, 0.2) is 0 Å². The van der Waals surface area contributed by atoms with E-state index in [2.05, 4.69) is 54.7 Å². The van der Waals surface area contributed by atoms with Gasteiger partial charge in [0.1, 0.15) is 5.60 Å². The summed E-state index contributed by atoms with van der Waals surface area (Å²) in [4.78, 5) is 14.0. The van der Waals surface area contributed by atoms with E-state index < -0.39 is 5.60 Å². The maximum atomic E-state index is 12.2. The fourth-order valence-electron chi connectivity index (χ4n) is 3.46. The molecule has 0 spiro atoms. The molecule has 2 aromatic carbocycles. The quantitative estimate of drug-likeness (QED) is 0.894. The summed E-state index contributed by atoms with van der Waals surface area (Å²) in [5.41, 5.74) is 0.854. The molecule has 0 aromatic heterocycles. The second kappa shape index (κ2) is 7.04. The normalized spacial score (nSPS) is 19.2. The minimum Gasteiger partial charge on any atom is -0.444 e. The Hall–Kier alpha value is -2.07. The van der Waals surface area contributed by atoms with Crippen molar-refractivity contribution in [2.45, 2.75) is 51.8 Å². The Morgan fingerprint density at radius 2 is 1.92 bits per heavy atom. The van der Waals surface area contributed by atoms with E-state index in [4.69, 9.17) is 4.74 Å². The Morgan fingerprint density at radius 3 is 2.68 bits per heavy atom. The van der Waals surface area contributed by atoms with Crippen LogP contribution in [0.2, 0.25) is 0 Å². The second-order valence-corrected chi connectivity index (χ2v) is 7.87. The van der Waals surface area contributed by atoms with E-state index in [1.54, 1.807) is 4.90 Å². The molecule has 1 aliphatic rings. The average Bonchev–Trinajstić information content (AvgIpc) is 3.01. The third-order valence-electron chi connectivity index (χ3n) is 4.62. The molecular weight excluding hydrogens is 312 g/mol. The van der Waals surface area contributed by atoms with Gasteiger partial charge in [-0.3, -0.25) is 0 Å². The molecule has 1 heterocycles. The highest BCUT2D eigenvalue weighted by atomic mass is 16.6. The summed E-state index contributed by atoms with van der Waals surface area (Å²) in [5, 5.41) is 6.23. The van der Waals surface area contributed by atoms with Crippen LogP contribution < -0.4 is 5.32 Å². The van der Waals surface area contributed by atoms with Crippen molar-refractivity contribution in [2.75, 3.05) is 13.1 Å². The molecule has 25 heavy (non-hydrogen) atoms. The van der Waals surface area contributed by atoms with E-state index in [1.807, 2.05) is 20.8 Å². The zero-order chi connectivity index (χ0) is 18.0. The number of hydrogen-bond donors (Lipinski definition) is 1. The summed E-state index contributed by atoms with van der Waals surface area (Å²) in [5.74, 6) is 0. The summed E-state index contributed by atoms with van der Waals surface area (Å²) in [6, 6.07) is 15.4. The Balaban J connectivity index is 1.64. The highest BCUT2D eigenvalue weighted by Crippen LogP contribution is 2.25. The predicted octanol–water partition coefficient (Wildman–Crippen LogP) is 4.50. The monoisotopic (exact) mass is 340 g/mol. The molecule has 4 nitrogen and oxygen atoms in total. The minimum absolute atomic E-state index is 0.213. The van der Waals surface area contributed by atoms with E-state index in [0.29, 0.717) is 12.6 Å². The van der Waals surface area contributed by atoms with Crippen LogP contribution in [0.25, 0.3) is 10.8 Å². The molecule has 0 aliphatic carbocycles. The van der Waals surface area contributed by atoms with Crippen molar-refractivity contribution in [2.24, 2.45) is 0 Å². The number of likely N-dealkylation sites (tertiary alicyclic amines) is 1. The van der Waals surface area contributed by atoms with Crippen LogP contribution in [-0.4, -0.2) is 35.7 Å². The number of carbonyl (C=O) groups excluding carboxylic acids is 1. The van der Waals surface area contributed by atoms with Gasteiger partial charge in [-0.05, 0) is 50.5 Å². The second-order valence-electron chi connectivity index (χ2n) is 7.87. The van der Waals surface area contributed by atoms with Crippen LogP contribution in [0.3, 0.4) is 0 Å². The predicted molar refractivity (Wildman–Crippen MR) is 102 cm³/mol. The van der Waals surface area contributed by atoms with E-state index in [9.17, 15) is 4.79 Å². The molecule has 2 aromatic rings. The molecule has 0 radical (unpaired) electrons. The largest absolute Gasteiger partial charge is 0.444 e. The molecular formula is C21H28N2O2. The summed E-state index contributed by atoms with van der Waals surface area (Å²) in [6.45, 7) is 9.34. The first-order chi connectivity index (χ1) is 11.8. The standard InChI is InChI=1S/C21H28N2O2/c1-15(18-11-7-9-16-8-5-6-10-19(16)18)22-17-12-13-23(14-17)20(24)25-21(2,3)4/h5-11,15,17,22H,12-14H2,1-4H3/t15?,17-/m0/s1. The number of benzene rings is 2. The van der Waals surface area contributed by atoms with Gasteiger partial charge in [0.25, 0.3) is 0 Å². The van der Waals surface area contributed by atoms with Gasteiger partial charge in [-0.25, -0.2) is 4.79 Å². The molecule has 134 valence electrons. The van der Waals surface area contributed by atoms with Crippen molar-refractivity contribution in [3.63, 3.8) is 0 Å². The summed E-state index contributed by atoms with van der Waals surface area (Å²) >= 11 is 0. The van der Waals surface area contributed by atoms with Crippen LogP contribution in [0.5, 0.6) is 0 Å². The summed E-state index contributed by atoms with van der Waals surface area (Å²) in [6.07, 6.45) is 0.739. The molecule has 3 rings (SSSR count). The maximum Gasteiger partial charge on any atom is 0.410 e. The highest BCUT2D eigenvalue weighted by molar-refractivity contribution is 5.86. The lowest BCUT2D eigenvalue weighted by atomic mass is 9.99. The average molecular weight is 340 g/mol. The lowest BCUT2D eigenvalue weighted by Gasteiger charge is -2.25. The van der Waals surface area contributed by atoms with Crippen molar-refractivity contribution < 1.29 is 9.53 Å². The van der Waals surface area contributed by atoms with E-state index in [-0.39, 0.29) is 12.1 Å². The molecule has 1 N–H and O–H groups in total. The molecule has 0 saturated carbocycles. The van der Waals surface area contributed by atoms with E-state index in [1.165, 1.54) is 16.3 Å².